The molecular weight excluding hydrogens is 485 g/mol. The van der Waals surface area contributed by atoms with E-state index in [1.165, 1.54) is 11.3 Å². The molecule has 26 heavy (non-hydrogen) atoms. The molecule has 0 aliphatic rings. The summed E-state index contributed by atoms with van der Waals surface area (Å²) in [6.07, 6.45) is 4.01. The summed E-state index contributed by atoms with van der Waals surface area (Å²) in [7, 11) is -3.44. The van der Waals surface area contributed by atoms with Gasteiger partial charge in [0.2, 0.25) is 10.0 Å². The number of guanidine groups is 1. The van der Waals surface area contributed by atoms with Gasteiger partial charge >= 0.3 is 0 Å². The monoisotopic (exact) mass is 511 g/mol. The predicted octanol–water partition coefficient (Wildman–Crippen LogP) is 2.01. The topological polar surface area (TPSA) is 87.5 Å². The Morgan fingerprint density at radius 2 is 1.92 bits per heavy atom. The van der Waals surface area contributed by atoms with Gasteiger partial charge < -0.3 is 15.2 Å². The summed E-state index contributed by atoms with van der Waals surface area (Å²) < 4.78 is 29.3. The van der Waals surface area contributed by atoms with Gasteiger partial charge in [-0.3, -0.25) is 4.99 Å². The Labute approximate surface area is 176 Å². The fourth-order valence-corrected chi connectivity index (χ4v) is 4.49. The van der Waals surface area contributed by atoms with Crippen molar-refractivity contribution in [2.75, 3.05) is 26.2 Å². The highest BCUT2D eigenvalue weighted by Crippen LogP contribution is 2.19. The molecule has 2 rings (SSSR count). The molecule has 0 aromatic carbocycles. The number of hydrogen-bond donors (Lipinski definition) is 3. The number of aryl methyl sites for hydroxylation is 1. The average Bonchev–Trinajstić information content (AvgIpc) is 3.23. The smallest absolute Gasteiger partial charge is 0.250 e. The van der Waals surface area contributed by atoms with Crippen LogP contribution in [0, 0.1) is 6.92 Å². The van der Waals surface area contributed by atoms with Crippen LogP contribution in [0.3, 0.4) is 0 Å². The number of rotatable bonds is 9. The van der Waals surface area contributed by atoms with Crippen LogP contribution in [0.15, 0.2) is 45.9 Å². The minimum Gasteiger partial charge on any atom is -0.357 e. The molecule has 0 unspecified atom stereocenters. The first-order chi connectivity index (χ1) is 12.0. The Kier molecular flexibility index (Phi) is 10.2. The Morgan fingerprint density at radius 1 is 1.19 bits per heavy atom. The maximum absolute atomic E-state index is 12.1. The summed E-state index contributed by atoms with van der Waals surface area (Å²) in [6.45, 7) is 6.81. The molecule has 0 aliphatic carbocycles. The molecule has 3 N–H and O–H groups in total. The van der Waals surface area contributed by atoms with E-state index in [4.69, 9.17) is 0 Å². The second-order valence-corrected chi connectivity index (χ2v) is 8.65. The quantitative estimate of drug-likeness (QED) is 0.208. The predicted molar refractivity (Wildman–Crippen MR) is 118 cm³/mol. The van der Waals surface area contributed by atoms with Crippen LogP contribution < -0.4 is 15.4 Å². The molecule has 2 heterocycles. The highest BCUT2D eigenvalue weighted by Gasteiger charge is 2.14. The van der Waals surface area contributed by atoms with E-state index in [1.54, 1.807) is 12.1 Å². The van der Waals surface area contributed by atoms with Gasteiger partial charge in [0.25, 0.3) is 0 Å². The van der Waals surface area contributed by atoms with E-state index >= 15 is 0 Å². The van der Waals surface area contributed by atoms with Gasteiger partial charge in [-0.25, -0.2) is 13.1 Å². The maximum atomic E-state index is 12.1. The van der Waals surface area contributed by atoms with E-state index in [2.05, 4.69) is 24.9 Å². The van der Waals surface area contributed by atoms with Gasteiger partial charge in [0.1, 0.15) is 4.21 Å². The third-order valence-corrected chi connectivity index (χ3v) is 6.28. The van der Waals surface area contributed by atoms with Crippen LogP contribution in [-0.4, -0.2) is 45.1 Å². The zero-order valence-electron chi connectivity index (χ0n) is 14.9. The van der Waals surface area contributed by atoms with Crippen LogP contribution in [0.1, 0.15) is 11.8 Å². The summed E-state index contributed by atoms with van der Waals surface area (Å²) in [5.74, 6) is 0.681. The molecule has 7 nitrogen and oxygen atoms in total. The molecule has 0 fully saturated rings. The van der Waals surface area contributed by atoms with Crippen molar-refractivity contribution < 1.29 is 8.42 Å². The van der Waals surface area contributed by atoms with Gasteiger partial charge in [-0.15, -0.1) is 35.3 Å². The number of thiophene rings is 1. The molecule has 0 saturated heterocycles. The number of aliphatic imine (C=N–C) groups is 1. The van der Waals surface area contributed by atoms with Crippen molar-refractivity contribution in [3.05, 3.63) is 41.5 Å². The first kappa shape index (κ1) is 22.9. The SMILES string of the molecule is CCNC(=NCCNS(=O)(=O)c1ccc(C)s1)NCCn1cccc1.I. The largest absolute Gasteiger partial charge is 0.357 e. The second-order valence-electron chi connectivity index (χ2n) is 5.37. The van der Waals surface area contributed by atoms with Gasteiger partial charge in [0.05, 0.1) is 6.54 Å². The van der Waals surface area contributed by atoms with Crippen molar-refractivity contribution in [3.63, 3.8) is 0 Å². The summed E-state index contributed by atoms with van der Waals surface area (Å²) in [5.41, 5.74) is 0. The van der Waals surface area contributed by atoms with Crippen molar-refractivity contribution in [1.29, 1.82) is 0 Å². The summed E-state index contributed by atoms with van der Waals surface area (Å²) in [6, 6.07) is 7.40. The Morgan fingerprint density at radius 3 is 2.54 bits per heavy atom. The van der Waals surface area contributed by atoms with Gasteiger partial charge in [0, 0.05) is 43.4 Å². The lowest BCUT2D eigenvalue weighted by Gasteiger charge is -2.12. The second kappa shape index (κ2) is 11.6. The molecule has 146 valence electrons. The number of nitrogens with zero attached hydrogens (tertiary/aromatic N) is 2. The van der Waals surface area contributed by atoms with Gasteiger partial charge in [-0.2, -0.15) is 0 Å². The number of halogens is 1. The summed E-state index contributed by atoms with van der Waals surface area (Å²) >= 11 is 1.26. The van der Waals surface area contributed by atoms with Crippen LogP contribution in [0.5, 0.6) is 0 Å². The van der Waals surface area contributed by atoms with E-state index in [0.29, 0.717) is 16.7 Å². The van der Waals surface area contributed by atoms with E-state index < -0.39 is 10.0 Å². The highest BCUT2D eigenvalue weighted by atomic mass is 127. The van der Waals surface area contributed by atoms with Gasteiger partial charge in [-0.1, -0.05) is 0 Å². The standard InChI is InChI=1S/C16H25N5O2S2.HI/c1-3-17-16(19-10-13-21-11-4-5-12-21)18-8-9-20-25(22,23)15-7-6-14(2)24-15;/h4-7,11-12,20H,3,8-10,13H2,1-2H3,(H2,17,18,19);1H. The normalized spacial score (nSPS) is 11.8. The lowest BCUT2D eigenvalue weighted by Crippen LogP contribution is -2.39. The lowest BCUT2D eigenvalue weighted by atomic mass is 10.5. The summed E-state index contributed by atoms with van der Waals surface area (Å²) in [4.78, 5) is 5.37. The van der Waals surface area contributed by atoms with Crippen molar-refractivity contribution in [3.8, 4) is 0 Å². The van der Waals surface area contributed by atoms with E-state index in [9.17, 15) is 8.42 Å². The van der Waals surface area contributed by atoms with Gasteiger partial charge in [-0.05, 0) is 38.1 Å². The molecule has 0 bridgehead atoms. The van der Waals surface area contributed by atoms with Gasteiger partial charge in [0.15, 0.2) is 5.96 Å². The Hall–Kier alpha value is -1.11. The van der Waals surface area contributed by atoms with E-state index in [-0.39, 0.29) is 30.5 Å². The Balaban J connectivity index is 0.00000338. The number of hydrogen-bond acceptors (Lipinski definition) is 4. The van der Waals surface area contributed by atoms with E-state index in [1.807, 2.05) is 38.4 Å². The number of sulfonamides is 1. The molecule has 2 aromatic rings. The Bertz CT molecular complexity index is 772. The van der Waals surface area contributed by atoms with Crippen LogP contribution in [0.25, 0.3) is 0 Å². The van der Waals surface area contributed by atoms with Crippen molar-refractivity contribution >= 4 is 51.3 Å². The first-order valence-electron chi connectivity index (χ1n) is 8.20. The minimum absolute atomic E-state index is 0. The van der Waals surface area contributed by atoms with Crippen LogP contribution in [0.4, 0.5) is 0 Å². The molecule has 0 radical (unpaired) electrons. The van der Waals surface area contributed by atoms with Crippen LogP contribution in [-0.2, 0) is 16.6 Å². The van der Waals surface area contributed by atoms with Crippen LogP contribution >= 0.6 is 35.3 Å². The summed E-state index contributed by atoms with van der Waals surface area (Å²) in [5, 5.41) is 6.38. The average molecular weight is 511 g/mol. The number of nitrogens with one attached hydrogen (secondary N) is 3. The zero-order valence-corrected chi connectivity index (χ0v) is 18.9. The molecule has 2 aromatic heterocycles. The zero-order chi connectivity index (χ0) is 18.1. The third-order valence-electron chi connectivity index (χ3n) is 3.33. The van der Waals surface area contributed by atoms with Crippen molar-refractivity contribution in [2.24, 2.45) is 4.99 Å². The molecule has 0 aliphatic heterocycles. The van der Waals surface area contributed by atoms with Crippen LogP contribution in [0.2, 0.25) is 0 Å². The highest BCUT2D eigenvalue weighted by molar-refractivity contribution is 14.0. The fraction of sp³-hybridized carbons (Fsp3) is 0.438. The molecular formula is C16H26IN5O2S2. The lowest BCUT2D eigenvalue weighted by molar-refractivity contribution is 0.584. The molecule has 0 spiro atoms. The molecule has 0 atom stereocenters. The first-order valence-corrected chi connectivity index (χ1v) is 10.5. The molecule has 0 saturated carbocycles. The fourth-order valence-electron chi connectivity index (χ4n) is 2.14. The van der Waals surface area contributed by atoms with Crippen molar-refractivity contribution in [1.82, 2.24) is 19.9 Å². The van der Waals surface area contributed by atoms with Crippen molar-refractivity contribution in [2.45, 2.75) is 24.6 Å². The molecule has 10 heteroatoms. The minimum atomic E-state index is -3.44. The maximum Gasteiger partial charge on any atom is 0.250 e. The number of aromatic nitrogens is 1. The molecule has 0 amide bonds. The third kappa shape index (κ3) is 7.64. The van der Waals surface area contributed by atoms with E-state index in [0.717, 1.165) is 24.5 Å².